The highest BCUT2D eigenvalue weighted by atomic mass is 35.5. The van der Waals surface area contributed by atoms with Gasteiger partial charge in [-0.25, -0.2) is 9.67 Å². The first-order chi connectivity index (χ1) is 7.63. The van der Waals surface area contributed by atoms with E-state index in [2.05, 4.69) is 15.4 Å². The maximum atomic E-state index is 10.00. The molecule has 5 nitrogen and oxygen atoms in total. The molecule has 1 aromatic rings. The van der Waals surface area contributed by atoms with Gasteiger partial charge in [-0.05, 0) is 6.08 Å². The number of amides is 1. The Kier molecular flexibility index (Phi) is 4.72. The van der Waals surface area contributed by atoms with Gasteiger partial charge >= 0.3 is 0 Å². The topological polar surface area (TPSA) is 59.8 Å². The Hall–Kier alpha value is -1.62. The molecule has 0 saturated heterocycles. The van der Waals surface area contributed by atoms with E-state index in [4.69, 9.17) is 11.6 Å². The number of hydrogen-bond donors (Lipinski definition) is 1. The lowest BCUT2D eigenvalue weighted by Crippen LogP contribution is -1.99. The van der Waals surface area contributed by atoms with Crippen molar-refractivity contribution in [2.45, 2.75) is 19.8 Å². The number of carbonyl (C=O) groups is 1. The summed E-state index contributed by atoms with van der Waals surface area (Å²) in [4.78, 5) is 14.1. The van der Waals surface area contributed by atoms with E-state index in [9.17, 15) is 4.79 Å². The highest BCUT2D eigenvalue weighted by molar-refractivity contribution is 6.31. The molecular weight excluding hydrogens is 228 g/mol. The summed E-state index contributed by atoms with van der Waals surface area (Å²) in [5.74, 6) is 1.06. The van der Waals surface area contributed by atoms with Crippen LogP contribution in [0.25, 0.3) is 6.20 Å². The molecule has 0 aliphatic carbocycles. The van der Waals surface area contributed by atoms with E-state index in [1.807, 2.05) is 13.8 Å². The molecule has 0 unspecified atom stereocenters. The van der Waals surface area contributed by atoms with Gasteiger partial charge in [0.2, 0.25) is 6.41 Å². The Morgan fingerprint density at radius 2 is 2.38 bits per heavy atom. The lowest BCUT2D eigenvalue weighted by Gasteiger charge is -1.94. The SMILES string of the molecule is CC(C)c1ncn(/C=C/C(Cl)=C\NC=O)n1. The van der Waals surface area contributed by atoms with E-state index in [-0.39, 0.29) is 5.92 Å². The van der Waals surface area contributed by atoms with Crippen LogP contribution in [0.2, 0.25) is 0 Å². The quantitative estimate of drug-likeness (QED) is 0.630. The second-order valence-corrected chi connectivity index (χ2v) is 3.80. The predicted octanol–water partition coefficient (Wildman–Crippen LogP) is 1.70. The molecule has 16 heavy (non-hydrogen) atoms. The van der Waals surface area contributed by atoms with Gasteiger partial charge in [-0.2, -0.15) is 5.10 Å². The molecule has 1 amide bonds. The van der Waals surface area contributed by atoms with Gasteiger partial charge in [0.05, 0.1) is 5.03 Å². The summed E-state index contributed by atoms with van der Waals surface area (Å²) in [6.07, 6.45) is 6.79. The van der Waals surface area contributed by atoms with Crippen molar-refractivity contribution in [3.8, 4) is 0 Å². The Balaban J connectivity index is 2.65. The molecule has 0 radical (unpaired) electrons. The average molecular weight is 241 g/mol. The first-order valence-corrected chi connectivity index (χ1v) is 5.16. The van der Waals surface area contributed by atoms with Crippen molar-refractivity contribution in [2.75, 3.05) is 0 Å². The van der Waals surface area contributed by atoms with E-state index in [0.717, 1.165) is 5.82 Å². The summed E-state index contributed by atoms with van der Waals surface area (Å²) >= 11 is 5.77. The largest absolute Gasteiger partial charge is 0.334 e. The molecule has 1 rings (SSSR count). The van der Waals surface area contributed by atoms with Crippen molar-refractivity contribution in [3.63, 3.8) is 0 Å². The van der Waals surface area contributed by atoms with Crippen LogP contribution in [0.3, 0.4) is 0 Å². The van der Waals surface area contributed by atoms with Crippen LogP contribution in [-0.4, -0.2) is 21.2 Å². The van der Waals surface area contributed by atoms with Crippen molar-refractivity contribution in [3.05, 3.63) is 29.5 Å². The fourth-order valence-electron chi connectivity index (χ4n) is 0.934. The fourth-order valence-corrected chi connectivity index (χ4v) is 1.05. The number of hydrogen-bond acceptors (Lipinski definition) is 3. The normalized spacial score (nSPS) is 12.4. The van der Waals surface area contributed by atoms with Crippen LogP contribution in [0, 0.1) is 0 Å². The average Bonchev–Trinajstić information content (AvgIpc) is 2.72. The molecule has 0 aliphatic rings. The smallest absolute Gasteiger partial charge is 0.211 e. The molecule has 1 aromatic heterocycles. The number of nitrogens with one attached hydrogen (secondary N) is 1. The first-order valence-electron chi connectivity index (χ1n) is 4.78. The number of carbonyl (C=O) groups excluding carboxylic acids is 1. The standard InChI is InChI=1S/C10H13ClN4O/c1-8(2)10-13-6-15(14-10)4-3-9(11)5-12-7-16/h3-8H,1-2H3,(H,12,16)/b4-3+,9-5+. The summed E-state index contributed by atoms with van der Waals surface area (Å²) in [6, 6.07) is 0. The first kappa shape index (κ1) is 12.4. The van der Waals surface area contributed by atoms with Crippen LogP contribution in [0.4, 0.5) is 0 Å². The van der Waals surface area contributed by atoms with E-state index < -0.39 is 0 Å². The maximum absolute atomic E-state index is 10.00. The van der Waals surface area contributed by atoms with E-state index in [0.29, 0.717) is 11.4 Å². The molecule has 1 heterocycles. The van der Waals surface area contributed by atoms with E-state index in [1.54, 1.807) is 23.3 Å². The van der Waals surface area contributed by atoms with Gasteiger partial charge in [0.1, 0.15) is 6.33 Å². The molecule has 0 bridgehead atoms. The lowest BCUT2D eigenvalue weighted by molar-refractivity contribution is -0.108. The second-order valence-electron chi connectivity index (χ2n) is 3.37. The van der Waals surface area contributed by atoms with Gasteiger partial charge in [0.15, 0.2) is 5.82 Å². The summed E-state index contributed by atoms with van der Waals surface area (Å²) in [7, 11) is 0. The van der Waals surface area contributed by atoms with Crippen molar-refractivity contribution in [1.29, 1.82) is 0 Å². The third-order valence-corrected chi connectivity index (χ3v) is 1.95. The number of nitrogens with zero attached hydrogens (tertiary/aromatic N) is 3. The molecule has 0 fully saturated rings. The van der Waals surface area contributed by atoms with Crippen LogP contribution < -0.4 is 5.32 Å². The molecule has 0 spiro atoms. The van der Waals surface area contributed by atoms with Crippen molar-refractivity contribution < 1.29 is 4.79 Å². The Morgan fingerprint density at radius 1 is 1.62 bits per heavy atom. The Morgan fingerprint density at radius 3 is 2.94 bits per heavy atom. The van der Waals surface area contributed by atoms with Gasteiger partial charge in [-0.1, -0.05) is 25.4 Å². The van der Waals surface area contributed by atoms with Crippen LogP contribution in [-0.2, 0) is 4.79 Å². The van der Waals surface area contributed by atoms with Gasteiger partial charge < -0.3 is 5.32 Å². The zero-order chi connectivity index (χ0) is 12.0. The lowest BCUT2D eigenvalue weighted by atomic mass is 10.2. The number of halogens is 1. The minimum Gasteiger partial charge on any atom is -0.334 e. The van der Waals surface area contributed by atoms with Gasteiger partial charge in [0, 0.05) is 18.3 Å². The zero-order valence-electron chi connectivity index (χ0n) is 9.09. The summed E-state index contributed by atoms with van der Waals surface area (Å²) in [5, 5.41) is 6.94. The number of aromatic nitrogens is 3. The molecule has 0 saturated carbocycles. The fraction of sp³-hybridized carbons (Fsp3) is 0.300. The van der Waals surface area contributed by atoms with Gasteiger partial charge in [-0.15, -0.1) is 0 Å². The third kappa shape index (κ3) is 3.86. The summed E-state index contributed by atoms with van der Waals surface area (Å²) < 4.78 is 1.56. The molecule has 86 valence electrons. The molecule has 6 heteroatoms. The molecule has 0 aliphatic heterocycles. The molecule has 0 aromatic carbocycles. The van der Waals surface area contributed by atoms with Crippen molar-refractivity contribution in [2.24, 2.45) is 0 Å². The molecule has 0 atom stereocenters. The molecule has 1 N–H and O–H groups in total. The number of rotatable bonds is 5. The van der Waals surface area contributed by atoms with Crippen molar-refractivity contribution in [1.82, 2.24) is 20.1 Å². The second kappa shape index (κ2) is 6.07. The van der Waals surface area contributed by atoms with Crippen molar-refractivity contribution >= 4 is 24.2 Å². The highest BCUT2D eigenvalue weighted by Gasteiger charge is 2.02. The van der Waals surface area contributed by atoms with E-state index >= 15 is 0 Å². The minimum absolute atomic E-state index is 0.289. The Labute approximate surface area is 98.8 Å². The maximum Gasteiger partial charge on any atom is 0.211 e. The monoisotopic (exact) mass is 240 g/mol. The van der Waals surface area contributed by atoms with Crippen LogP contribution in [0.15, 0.2) is 23.6 Å². The number of allylic oxidation sites excluding steroid dienone is 2. The highest BCUT2D eigenvalue weighted by Crippen LogP contribution is 2.07. The van der Waals surface area contributed by atoms with Gasteiger partial charge in [-0.3, -0.25) is 4.79 Å². The van der Waals surface area contributed by atoms with Crippen LogP contribution in [0.5, 0.6) is 0 Å². The predicted molar refractivity (Wildman–Crippen MR) is 62.6 cm³/mol. The molecular formula is C10H13ClN4O. The zero-order valence-corrected chi connectivity index (χ0v) is 9.85. The third-order valence-electron chi connectivity index (χ3n) is 1.72. The Bertz CT molecular complexity index is 409. The minimum atomic E-state index is 0.289. The summed E-state index contributed by atoms with van der Waals surface area (Å²) in [6.45, 7) is 4.04. The van der Waals surface area contributed by atoms with Gasteiger partial charge in [0.25, 0.3) is 0 Å². The summed E-state index contributed by atoms with van der Waals surface area (Å²) in [5.41, 5.74) is 0. The van der Waals surface area contributed by atoms with Crippen LogP contribution in [0.1, 0.15) is 25.6 Å². The van der Waals surface area contributed by atoms with E-state index in [1.165, 1.54) is 6.20 Å². The van der Waals surface area contributed by atoms with Crippen LogP contribution >= 0.6 is 11.6 Å².